The third-order valence-corrected chi connectivity index (χ3v) is 8.03. The normalized spacial score (nSPS) is 30.1. The Morgan fingerprint density at radius 1 is 0.514 bits per heavy atom. The summed E-state index contributed by atoms with van der Waals surface area (Å²) in [4.78, 5) is 14.8. The molecule has 2 aliphatic rings. The summed E-state index contributed by atoms with van der Waals surface area (Å²) < 4.78 is 0. The molecule has 2 bridgehead atoms. The second-order valence-electron chi connectivity index (χ2n) is 9.97. The van der Waals surface area contributed by atoms with Gasteiger partial charge in [-0.15, -0.1) is 0 Å². The quantitative estimate of drug-likeness (QED) is 0.374. The molecular weight excluding hydrogens is 428 g/mol. The average Bonchev–Trinajstić information content (AvgIpc) is 2.92. The number of carbonyl (C=O) groups excluding carboxylic acids is 1. The molecule has 2 heterocycles. The summed E-state index contributed by atoms with van der Waals surface area (Å²) in [5.41, 5.74) is 3.92. The Balaban J connectivity index is 1.56. The summed E-state index contributed by atoms with van der Waals surface area (Å²) in [5.74, 6) is 0.0881. The zero-order valence-corrected chi connectivity index (χ0v) is 19.8. The number of benzene rings is 4. The van der Waals surface area contributed by atoms with Gasteiger partial charge in [0.1, 0.15) is 5.78 Å². The average molecular weight is 459 g/mol. The molecule has 4 aromatic rings. The van der Waals surface area contributed by atoms with Crippen molar-refractivity contribution >= 4 is 5.78 Å². The summed E-state index contributed by atoms with van der Waals surface area (Å²) in [5, 5.41) is 8.00. The number of hydrogen-bond donors (Lipinski definition) is 2. The van der Waals surface area contributed by atoms with Crippen molar-refractivity contribution in [2.24, 2.45) is 11.3 Å². The van der Waals surface area contributed by atoms with Crippen molar-refractivity contribution in [2.75, 3.05) is 0 Å². The molecule has 0 aromatic heterocycles. The summed E-state index contributed by atoms with van der Waals surface area (Å²) >= 11 is 0. The predicted molar refractivity (Wildman–Crippen MR) is 140 cm³/mol. The first-order valence-corrected chi connectivity index (χ1v) is 12.4. The first kappa shape index (κ1) is 22.0. The maximum atomic E-state index is 14.8. The Kier molecular flexibility index (Phi) is 5.60. The highest BCUT2D eigenvalue weighted by molar-refractivity contribution is 5.92. The van der Waals surface area contributed by atoms with Crippen molar-refractivity contribution in [2.45, 2.75) is 31.1 Å². The van der Waals surface area contributed by atoms with E-state index in [9.17, 15) is 4.79 Å². The van der Waals surface area contributed by atoms with Crippen LogP contribution in [0.15, 0.2) is 121 Å². The lowest BCUT2D eigenvalue weighted by atomic mass is 9.56. The van der Waals surface area contributed by atoms with Crippen molar-refractivity contribution < 1.29 is 4.79 Å². The van der Waals surface area contributed by atoms with Crippen LogP contribution in [-0.2, 0) is 4.79 Å². The highest BCUT2D eigenvalue weighted by Crippen LogP contribution is 2.58. The number of nitrogens with one attached hydrogen (secondary N) is 2. The van der Waals surface area contributed by atoms with Crippen molar-refractivity contribution in [1.82, 2.24) is 10.6 Å². The van der Waals surface area contributed by atoms with Crippen molar-refractivity contribution in [3.8, 4) is 0 Å². The monoisotopic (exact) mass is 458 g/mol. The number of piperidine rings is 2. The molecule has 3 heteroatoms. The minimum atomic E-state index is -0.663. The van der Waals surface area contributed by atoms with E-state index in [0.717, 1.165) is 22.3 Å². The van der Waals surface area contributed by atoms with E-state index in [1.807, 2.05) is 24.3 Å². The number of carbonyl (C=O) groups is 1. The molecule has 0 saturated carbocycles. The Morgan fingerprint density at radius 2 is 0.829 bits per heavy atom. The number of rotatable bonds is 4. The third kappa shape index (κ3) is 3.63. The van der Waals surface area contributed by atoms with E-state index in [0.29, 0.717) is 5.78 Å². The maximum Gasteiger partial charge on any atom is 0.149 e. The molecule has 4 unspecified atom stereocenters. The minimum Gasteiger partial charge on any atom is -0.301 e. The summed E-state index contributed by atoms with van der Waals surface area (Å²) in [6, 6.07) is 41.3. The van der Waals surface area contributed by atoms with Crippen LogP contribution in [0.4, 0.5) is 0 Å². The van der Waals surface area contributed by atoms with E-state index in [4.69, 9.17) is 0 Å². The van der Waals surface area contributed by atoms with E-state index < -0.39 is 5.41 Å². The number of Topliss-reactive ketones (excluding diaryl/α,β-unsaturated/α-hetero) is 1. The molecular formula is C32H30N2O. The fourth-order valence-corrected chi connectivity index (χ4v) is 6.32. The van der Waals surface area contributed by atoms with Gasteiger partial charge in [-0.1, -0.05) is 121 Å². The second-order valence-corrected chi connectivity index (χ2v) is 9.97. The van der Waals surface area contributed by atoms with E-state index in [1.54, 1.807) is 0 Å². The molecule has 3 nitrogen and oxygen atoms in total. The highest BCUT2D eigenvalue weighted by atomic mass is 16.1. The zero-order valence-electron chi connectivity index (χ0n) is 19.8. The van der Waals surface area contributed by atoms with Gasteiger partial charge in [-0.25, -0.2) is 0 Å². The van der Waals surface area contributed by atoms with Gasteiger partial charge >= 0.3 is 0 Å². The molecule has 0 spiro atoms. The molecule has 4 aromatic carbocycles. The van der Waals surface area contributed by atoms with Gasteiger partial charge in [0.15, 0.2) is 0 Å². The van der Waals surface area contributed by atoms with Gasteiger partial charge in [0.2, 0.25) is 0 Å². The van der Waals surface area contributed by atoms with Crippen LogP contribution in [-0.4, -0.2) is 5.78 Å². The van der Waals surface area contributed by atoms with Crippen LogP contribution in [0.5, 0.6) is 0 Å². The van der Waals surface area contributed by atoms with E-state index in [-0.39, 0.29) is 30.1 Å². The fraction of sp³-hybridized carbons (Fsp3) is 0.219. The van der Waals surface area contributed by atoms with Crippen LogP contribution in [0.2, 0.25) is 0 Å². The van der Waals surface area contributed by atoms with Gasteiger partial charge in [0, 0.05) is 24.2 Å². The SMILES string of the molecule is CC12C(=O)C(C(c3ccccc3)NC1c1ccccc1)C(c1ccccc1)NC2c1ccccc1. The standard InChI is InChI=1S/C32H30N2O/c1-32-29(24-18-10-4-11-19-24)33-27(22-14-6-2-7-15-22)26(31(32)35)28(23-16-8-3-9-17-23)34-30(32)25-20-12-5-13-21-25/h2-21,26-30,33-34H,1H3. The Labute approximate surface area is 207 Å². The molecule has 35 heavy (non-hydrogen) atoms. The second kappa shape index (κ2) is 8.92. The first-order valence-electron chi connectivity index (χ1n) is 12.4. The van der Waals surface area contributed by atoms with Gasteiger partial charge in [-0.05, 0) is 29.2 Å². The Bertz CT molecular complexity index is 1200. The molecule has 0 aliphatic carbocycles. The molecule has 2 aliphatic heterocycles. The zero-order chi connectivity index (χ0) is 23.8. The smallest absolute Gasteiger partial charge is 0.149 e. The summed E-state index contributed by atoms with van der Waals surface area (Å²) in [6.07, 6.45) is 0. The number of ketones is 1. The van der Waals surface area contributed by atoms with Gasteiger partial charge < -0.3 is 10.6 Å². The first-order chi connectivity index (χ1) is 17.2. The van der Waals surface area contributed by atoms with Gasteiger partial charge in [0.05, 0.1) is 11.3 Å². The molecule has 0 amide bonds. The molecule has 174 valence electrons. The lowest BCUT2D eigenvalue weighted by Crippen LogP contribution is -2.65. The molecule has 4 atom stereocenters. The Hall–Kier alpha value is -3.53. The summed E-state index contributed by atoms with van der Waals surface area (Å²) in [6.45, 7) is 2.15. The van der Waals surface area contributed by atoms with E-state index in [1.165, 1.54) is 0 Å². The van der Waals surface area contributed by atoms with E-state index in [2.05, 4.69) is 115 Å². The third-order valence-electron chi connectivity index (χ3n) is 8.03. The number of hydrogen-bond acceptors (Lipinski definition) is 3. The molecule has 2 N–H and O–H groups in total. The lowest BCUT2D eigenvalue weighted by molar-refractivity contribution is -0.150. The van der Waals surface area contributed by atoms with Gasteiger partial charge in [-0.3, -0.25) is 4.79 Å². The fourth-order valence-electron chi connectivity index (χ4n) is 6.32. The van der Waals surface area contributed by atoms with Crippen LogP contribution in [0.1, 0.15) is 53.3 Å². The van der Waals surface area contributed by atoms with Crippen molar-refractivity contribution in [3.63, 3.8) is 0 Å². The molecule has 0 radical (unpaired) electrons. The molecule has 2 saturated heterocycles. The van der Waals surface area contributed by atoms with Crippen LogP contribution in [0.25, 0.3) is 0 Å². The topological polar surface area (TPSA) is 41.1 Å². The largest absolute Gasteiger partial charge is 0.301 e. The van der Waals surface area contributed by atoms with Crippen molar-refractivity contribution in [1.29, 1.82) is 0 Å². The van der Waals surface area contributed by atoms with Crippen LogP contribution < -0.4 is 10.6 Å². The van der Waals surface area contributed by atoms with Gasteiger partial charge in [-0.2, -0.15) is 0 Å². The van der Waals surface area contributed by atoms with Gasteiger partial charge in [0.25, 0.3) is 0 Å². The van der Waals surface area contributed by atoms with Crippen LogP contribution in [0, 0.1) is 11.3 Å². The van der Waals surface area contributed by atoms with Crippen LogP contribution in [0.3, 0.4) is 0 Å². The highest BCUT2D eigenvalue weighted by Gasteiger charge is 2.61. The van der Waals surface area contributed by atoms with Crippen LogP contribution >= 0.6 is 0 Å². The van der Waals surface area contributed by atoms with Crippen molar-refractivity contribution in [3.05, 3.63) is 144 Å². The lowest BCUT2D eigenvalue weighted by Gasteiger charge is -2.58. The minimum absolute atomic E-state index is 0.101. The maximum absolute atomic E-state index is 14.8. The predicted octanol–water partition coefficient (Wildman–Crippen LogP) is 6.35. The molecule has 6 rings (SSSR count). The Morgan fingerprint density at radius 3 is 1.17 bits per heavy atom. The van der Waals surface area contributed by atoms with E-state index >= 15 is 0 Å². The molecule has 2 fully saturated rings. The number of fused-ring (bicyclic) bond motifs is 2. The summed E-state index contributed by atoms with van der Waals surface area (Å²) in [7, 11) is 0.